The smallest absolute Gasteiger partial charge is 0.0256 e. The van der Waals surface area contributed by atoms with Crippen LogP contribution in [0.1, 0.15) is 16.7 Å². The summed E-state index contributed by atoms with van der Waals surface area (Å²) in [4.78, 5) is 0. The van der Waals surface area contributed by atoms with Crippen LogP contribution in [-0.4, -0.2) is 0 Å². The molecule has 22 heavy (non-hydrogen) atoms. The van der Waals surface area contributed by atoms with Gasteiger partial charge in [-0.1, -0.05) is 116 Å². The molecule has 3 aromatic rings. The molecule has 0 N–H and O–H groups in total. The molecule has 0 fully saturated rings. The van der Waals surface area contributed by atoms with Gasteiger partial charge in [0.2, 0.25) is 0 Å². The van der Waals surface area contributed by atoms with Crippen molar-refractivity contribution in [2.45, 2.75) is 0 Å². The molecule has 0 aliphatic rings. The Balaban J connectivity index is 0.000000188. The Morgan fingerprint density at radius 2 is 0.773 bits per heavy atom. The van der Waals surface area contributed by atoms with Crippen molar-refractivity contribution in [2.24, 2.45) is 0 Å². The van der Waals surface area contributed by atoms with Gasteiger partial charge in [-0.3, -0.25) is 0 Å². The van der Waals surface area contributed by atoms with Crippen molar-refractivity contribution in [3.05, 3.63) is 114 Å². The first-order valence-corrected chi connectivity index (χ1v) is 7.34. The summed E-state index contributed by atoms with van der Waals surface area (Å²) >= 11 is 0. The van der Waals surface area contributed by atoms with E-state index < -0.39 is 0 Å². The summed E-state index contributed by atoms with van der Waals surface area (Å²) in [5.74, 6) is 0. The fourth-order valence-electron chi connectivity index (χ4n) is 1.91. The van der Waals surface area contributed by atoms with Gasteiger partial charge in [-0.25, -0.2) is 0 Å². The molecular weight excluding hydrogens is 264 g/mol. The maximum Gasteiger partial charge on any atom is -0.0256 e. The number of hydrogen-bond acceptors (Lipinski definition) is 0. The molecule has 108 valence electrons. The van der Waals surface area contributed by atoms with Crippen molar-refractivity contribution in [1.82, 2.24) is 0 Å². The molecule has 3 rings (SSSR count). The zero-order chi connectivity index (χ0) is 15.5. The van der Waals surface area contributed by atoms with Gasteiger partial charge in [0.05, 0.1) is 0 Å². The molecule has 0 heteroatoms. The van der Waals surface area contributed by atoms with Crippen molar-refractivity contribution < 1.29 is 0 Å². The predicted molar refractivity (Wildman–Crippen MR) is 98.3 cm³/mol. The van der Waals surface area contributed by atoms with Crippen molar-refractivity contribution in [3.63, 3.8) is 0 Å². The van der Waals surface area contributed by atoms with Gasteiger partial charge in [0.1, 0.15) is 0 Å². The Morgan fingerprint density at radius 1 is 0.455 bits per heavy atom. The van der Waals surface area contributed by atoms with Crippen LogP contribution < -0.4 is 0 Å². The minimum atomic E-state index is 1.17. The SMILES string of the molecule is C(=C\c1ccccc1)/c1ccccc1.C=Cc1ccccc1. The molecule has 3 aromatic carbocycles. The summed E-state index contributed by atoms with van der Waals surface area (Å²) in [6, 6.07) is 30.7. The summed E-state index contributed by atoms with van der Waals surface area (Å²) in [5, 5.41) is 0. The van der Waals surface area contributed by atoms with Crippen LogP contribution in [-0.2, 0) is 0 Å². The lowest BCUT2D eigenvalue weighted by Crippen LogP contribution is -1.70. The number of hydrogen-bond donors (Lipinski definition) is 0. The van der Waals surface area contributed by atoms with Crippen molar-refractivity contribution >= 4 is 18.2 Å². The first kappa shape index (κ1) is 15.5. The van der Waals surface area contributed by atoms with E-state index >= 15 is 0 Å². The maximum atomic E-state index is 3.63. The lowest BCUT2D eigenvalue weighted by molar-refractivity contribution is 1.65. The second kappa shape index (κ2) is 9.15. The summed E-state index contributed by atoms with van der Waals surface area (Å²) in [6.07, 6.45) is 6.07. The monoisotopic (exact) mass is 284 g/mol. The Hall–Kier alpha value is -2.86. The van der Waals surface area contributed by atoms with Gasteiger partial charge in [-0.2, -0.15) is 0 Å². The lowest BCUT2D eigenvalue weighted by atomic mass is 10.1. The van der Waals surface area contributed by atoms with Gasteiger partial charge in [0, 0.05) is 0 Å². The third-order valence-electron chi connectivity index (χ3n) is 3.10. The van der Waals surface area contributed by atoms with E-state index in [4.69, 9.17) is 0 Å². The molecule has 0 nitrogen and oxygen atoms in total. The summed E-state index contributed by atoms with van der Waals surface area (Å²) in [7, 11) is 0. The van der Waals surface area contributed by atoms with E-state index in [1.807, 2.05) is 72.8 Å². The first-order valence-electron chi connectivity index (χ1n) is 7.34. The van der Waals surface area contributed by atoms with Crippen molar-refractivity contribution in [2.75, 3.05) is 0 Å². The number of rotatable bonds is 3. The Kier molecular flexibility index (Phi) is 6.45. The van der Waals surface area contributed by atoms with E-state index in [2.05, 4.69) is 43.0 Å². The van der Waals surface area contributed by atoms with Crippen molar-refractivity contribution in [3.8, 4) is 0 Å². The van der Waals surface area contributed by atoms with Crippen LogP contribution in [0.5, 0.6) is 0 Å². The highest BCUT2D eigenvalue weighted by atomic mass is 13.9. The molecule has 0 heterocycles. The quantitative estimate of drug-likeness (QED) is 0.503. The number of benzene rings is 3. The average Bonchev–Trinajstić information content (AvgIpc) is 2.63. The van der Waals surface area contributed by atoms with Crippen LogP contribution in [0.25, 0.3) is 18.2 Å². The Labute approximate surface area is 133 Å². The van der Waals surface area contributed by atoms with Crippen molar-refractivity contribution in [1.29, 1.82) is 0 Å². The van der Waals surface area contributed by atoms with E-state index in [9.17, 15) is 0 Å². The van der Waals surface area contributed by atoms with Crippen LogP contribution >= 0.6 is 0 Å². The molecule has 0 amide bonds. The van der Waals surface area contributed by atoms with Gasteiger partial charge in [0.25, 0.3) is 0 Å². The second-order valence-corrected chi connectivity index (χ2v) is 4.77. The van der Waals surface area contributed by atoms with Crippen LogP contribution in [0.3, 0.4) is 0 Å². The highest BCUT2D eigenvalue weighted by molar-refractivity contribution is 5.69. The van der Waals surface area contributed by atoms with Gasteiger partial charge in [-0.05, 0) is 16.7 Å². The highest BCUT2D eigenvalue weighted by Gasteiger charge is 1.84. The van der Waals surface area contributed by atoms with E-state index in [-0.39, 0.29) is 0 Å². The molecule has 0 saturated heterocycles. The van der Waals surface area contributed by atoms with Gasteiger partial charge in [0.15, 0.2) is 0 Å². The zero-order valence-corrected chi connectivity index (χ0v) is 12.6. The predicted octanol–water partition coefficient (Wildman–Crippen LogP) is 6.19. The van der Waals surface area contributed by atoms with Crippen LogP contribution in [0.2, 0.25) is 0 Å². The minimum absolute atomic E-state index is 1.17. The summed E-state index contributed by atoms with van der Waals surface area (Å²) < 4.78 is 0. The lowest BCUT2D eigenvalue weighted by Gasteiger charge is -1.92. The van der Waals surface area contributed by atoms with Gasteiger partial charge >= 0.3 is 0 Å². The van der Waals surface area contributed by atoms with Crippen LogP contribution in [0, 0.1) is 0 Å². The Morgan fingerprint density at radius 3 is 1.05 bits per heavy atom. The molecule has 0 aromatic heterocycles. The summed E-state index contributed by atoms with van der Waals surface area (Å²) in [6.45, 7) is 3.63. The fourth-order valence-corrected chi connectivity index (χ4v) is 1.91. The summed E-state index contributed by atoms with van der Waals surface area (Å²) in [5.41, 5.74) is 3.64. The van der Waals surface area contributed by atoms with E-state index in [1.165, 1.54) is 16.7 Å². The molecule has 0 radical (unpaired) electrons. The third-order valence-corrected chi connectivity index (χ3v) is 3.10. The molecule has 0 unspecified atom stereocenters. The standard InChI is InChI=1S/C14H12.C8H8/c1-3-7-13(8-4-1)11-12-14-9-5-2-6-10-14;1-2-8-6-4-3-5-7-8/h1-12H;2-7H,1H2/b12-11+;. The fraction of sp³-hybridized carbons (Fsp3) is 0. The van der Waals surface area contributed by atoms with E-state index in [0.29, 0.717) is 0 Å². The zero-order valence-electron chi connectivity index (χ0n) is 12.6. The molecule has 0 bridgehead atoms. The molecule has 0 aliphatic carbocycles. The van der Waals surface area contributed by atoms with E-state index in [0.717, 1.165) is 0 Å². The largest absolute Gasteiger partial charge is 0.0985 e. The second-order valence-electron chi connectivity index (χ2n) is 4.77. The molecule has 0 spiro atoms. The molecule has 0 aliphatic heterocycles. The van der Waals surface area contributed by atoms with Crippen LogP contribution in [0.15, 0.2) is 97.6 Å². The average molecular weight is 284 g/mol. The minimum Gasteiger partial charge on any atom is -0.0985 e. The molecular formula is C22H20. The Bertz CT molecular complexity index is 638. The molecule has 0 saturated carbocycles. The highest BCUT2D eigenvalue weighted by Crippen LogP contribution is 2.06. The molecule has 0 atom stereocenters. The maximum absolute atomic E-state index is 3.63. The van der Waals surface area contributed by atoms with Gasteiger partial charge < -0.3 is 0 Å². The first-order chi connectivity index (χ1) is 10.9. The van der Waals surface area contributed by atoms with Crippen LogP contribution in [0.4, 0.5) is 0 Å². The normalized spacial score (nSPS) is 9.82. The topological polar surface area (TPSA) is 0 Å². The van der Waals surface area contributed by atoms with Gasteiger partial charge in [-0.15, -0.1) is 0 Å². The third kappa shape index (κ3) is 5.64. The van der Waals surface area contributed by atoms with E-state index in [1.54, 1.807) is 0 Å².